The summed E-state index contributed by atoms with van der Waals surface area (Å²) < 4.78 is 0. The van der Waals surface area contributed by atoms with Crippen molar-refractivity contribution < 1.29 is 4.79 Å². The first-order chi connectivity index (χ1) is 10.1. The molecule has 1 amide bonds. The van der Waals surface area contributed by atoms with E-state index in [4.69, 9.17) is 5.26 Å². The molecule has 0 unspecified atom stereocenters. The van der Waals surface area contributed by atoms with Crippen molar-refractivity contribution in [3.63, 3.8) is 0 Å². The molecule has 0 aromatic carbocycles. The van der Waals surface area contributed by atoms with Crippen molar-refractivity contribution >= 4 is 22.4 Å². The van der Waals surface area contributed by atoms with Crippen LogP contribution in [0.15, 0.2) is 11.8 Å². The zero-order valence-electron chi connectivity index (χ0n) is 12.4. The van der Waals surface area contributed by atoms with Crippen LogP contribution in [0.25, 0.3) is 0 Å². The van der Waals surface area contributed by atoms with Gasteiger partial charge in [0.1, 0.15) is 11.6 Å². The molecule has 1 aliphatic carbocycles. The predicted octanol–water partition coefficient (Wildman–Crippen LogP) is 3.03. The van der Waals surface area contributed by atoms with E-state index in [1.807, 2.05) is 19.9 Å². The molecule has 1 aromatic rings. The minimum atomic E-state index is -0.304. The van der Waals surface area contributed by atoms with E-state index in [2.05, 4.69) is 15.6 Å². The maximum absolute atomic E-state index is 12.1. The number of nitrogens with one attached hydrogen (secondary N) is 2. The van der Waals surface area contributed by atoms with Crippen molar-refractivity contribution in [3.8, 4) is 6.07 Å². The first-order valence-electron chi connectivity index (χ1n) is 7.22. The van der Waals surface area contributed by atoms with Crippen LogP contribution in [-0.4, -0.2) is 16.9 Å². The van der Waals surface area contributed by atoms with Crippen molar-refractivity contribution in [2.24, 2.45) is 0 Å². The normalized spacial score (nSPS) is 16.3. The molecule has 1 fully saturated rings. The number of nitrogens with zero attached hydrogens (tertiary/aromatic N) is 2. The highest BCUT2D eigenvalue weighted by atomic mass is 32.1. The first kappa shape index (κ1) is 15.5. The zero-order chi connectivity index (χ0) is 15.2. The molecule has 0 spiro atoms. The Hall–Kier alpha value is -1.87. The number of amides is 1. The summed E-state index contributed by atoms with van der Waals surface area (Å²) in [7, 11) is 0. The lowest BCUT2D eigenvalue weighted by atomic mass is 9.95. The summed E-state index contributed by atoms with van der Waals surface area (Å²) in [6.07, 6.45) is 6.97. The number of aromatic nitrogens is 1. The smallest absolute Gasteiger partial charge is 0.263 e. The molecule has 2 N–H and O–H groups in total. The van der Waals surface area contributed by atoms with E-state index < -0.39 is 0 Å². The van der Waals surface area contributed by atoms with E-state index >= 15 is 0 Å². The summed E-state index contributed by atoms with van der Waals surface area (Å²) in [5, 5.41) is 15.7. The number of carbonyl (C=O) groups is 1. The van der Waals surface area contributed by atoms with E-state index in [0.29, 0.717) is 5.13 Å². The molecule has 1 heterocycles. The monoisotopic (exact) mass is 304 g/mol. The van der Waals surface area contributed by atoms with Crippen LogP contribution in [0, 0.1) is 25.2 Å². The Morgan fingerprint density at radius 2 is 2.10 bits per heavy atom. The Kier molecular flexibility index (Phi) is 5.34. The third-order valence-corrected chi connectivity index (χ3v) is 4.68. The highest BCUT2D eigenvalue weighted by Gasteiger charge is 2.18. The van der Waals surface area contributed by atoms with Gasteiger partial charge in [-0.05, 0) is 26.7 Å². The average molecular weight is 304 g/mol. The number of hydrogen-bond acceptors (Lipinski definition) is 5. The highest BCUT2D eigenvalue weighted by Crippen LogP contribution is 2.21. The van der Waals surface area contributed by atoms with Gasteiger partial charge in [0.25, 0.3) is 5.91 Å². The van der Waals surface area contributed by atoms with Crippen LogP contribution < -0.4 is 10.6 Å². The van der Waals surface area contributed by atoms with Crippen LogP contribution >= 0.6 is 11.3 Å². The fraction of sp³-hybridized carbons (Fsp3) is 0.533. The molecule has 2 rings (SSSR count). The van der Waals surface area contributed by atoms with Crippen LogP contribution in [0.3, 0.4) is 0 Å². The molecule has 1 aliphatic rings. The molecule has 0 radical (unpaired) electrons. The maximum atomic E-state index is 12.1. The van der Waals surface area contributed by atoms with Gasteiger partial charge in [0.05, 0.1) is 5.69 Å². The lowest BCUT2D eigenvalue weighted by molar-refractivity contribution is -0.118. The van der Waals surface area contributed by atoms with Crippen LogP contribution in [0.4, 0.5) is 5.13 Å². The fourth-order valence-corrected chi connectivity index (χ4v) is 3.11. The predicted molar refractivity (Wildman–Crippen MR) is 83.9 cm³/mol. The Balaban J connectivity index is 1.96. The number of nitriles is 1. The summed E-state index contributed by atoms with van der Waals surface area (Å²) in [6, 6.07) is 2.15. The molecule has 21 heavy (non-hydrogen) atoms. The second-order valence-corrected chi connectivity index (χ2v) is 6.49. The van der Waals surface area contributed by atoms with Crippen molar-refractivity contribution in [2.75, 3.05) is 5.32 Å². The van der Waals surface area contributed by atoms with E-state index in [1.54, 1.807) is 0 Å². The van der Waals surface area contributed by atoms with Gasteiger partial charge in [0.15, 0.2) is 5.13 Å². The number of thiazole rings is 1. The third-order valence-electron chi connectivity index (χ3n) is 3.67. The highest BCUT2D eigenvalue weighted by molar-refractivity contribution is 7.15. The van der Waals surface area contributed by atoms with Gasteiger partial charge in [0, 0.05) is 17.1 Å². The Labute approximate surface area is 129 Å². The largest absolute Gasteiger partial charge is 0.349 e. The van der Waals surface area contributed by atoms with Gasteiger partial charge < -0.3 is 10.6 Å². The molecule has 0 bridgehead atoms. The van der Waals surface area contributed by atoms with Crippen LogP contribution in [0.5, 0.6) is 0 Å². The lowest BCUT2D eigenvalue weighted by Gasteiger charge is -2.22. The first-order valence-corrected chi connectivity index (χ1v) is 8.03. The Morgan fingerprint density at radius 3 is 2.67 bits per heavy atom. The van der Waals surface area contributed by atoms with Gasteiger partial charge in [-0.1, -0.05) is 19.3 Å². The number of rotatable bonds is 4. The standard InChI is InChI=1S/C15H20N4OS/c1-10-11(2)21-15(18-10)17-9-12(8-16)14(20)19-13-6-4-3-5-7-13/h9,13H,3-7H2,1-2H3,(H,17,18)(H,19,20)/b12-9-. The summed E-state index contributed by atoms with van der Waals surface area (Å²) in [6.45, 7) is 3.92. The Bertz CT molecular complexity index is 559. The van der Waals surface area contributed by atoms with Gasteiger partial charge >= 0.3 is 0 Å². The van der Waals surface area contributed by atoms with Crippen molar-refractivity contribution in [2.45, 2.75) is 52.0 Å². The minimum absolute atomic E-state index is 0.0890. The molecular weight excluding hydrogens is 284 g/mol. The summed E-state index contributed by atoms with van der Waals surface area (Å²) in [5.74, 6) is -0.304. The number of carbonyl (C=O) groups excluding carboxylic acids is 1. The lowest BCUT2D eigenvalue weighted by Crippen LogP contribution is -2.37. The van der Waals surface area contributed by atoms with E-state index in [-0.39, 0.29) is 17.5 Å². The molecule has 0 aliphatic heterocycles. The SMILES string of the molecule is Cc1nc(N/C=C(/C#N)C(=O)NC2CCCCC2)sc1C. The number of hydrogen-bond donors (Lipinski definition) is 2. The van der Waals surface area contributed by atoms with E-state index in [9.17, 15) is 4.79 Å². The molecule has 0 atom stereocenters. The third kappa shape index (κ3) is 4.30. The Morgan fingerprint density at radius 1 is 1.38 bits per heavy atom. The van der Waals surface area contributed by atoms with E-state index in [0.717, 1.165) is 36.3 Å². The molecule has 6 heteroatoms. The number of aryl methyl sites for hydroxylation is 2. The maximum Gasteiger partial charge on any atom is 0.263 e. The van der Waals surface area contributed by atoms with Crippen LogP contribution in [0.2, 0.25) is 0 Å². The molecular formula is C15H20N4OS. The van der Waals surface area contributed by atoms with E-state index in [1.165, 1.54) is 24.0 Å². The minimum Gasteiger partial charge on any atom is -0.349 e. The second-order valence-electron chi connectivity index (χ2n) is 5.28. The van der Waals surface area contributed by atoms with Crippen molar-refractivity contribution in [1.29, 1.82) is 5.26 Å². The number of anilines is 1. The molecule has 5 nitrogen and oxygen atoms in total. The molecule has 1 saturated carbocycles. The van der Waals surface area contributed by atoms with Crippen molar-refractivity contribution in [1.82, 2.24) is 10.3 Å². The average Bonchev–Trinajstić information content (AvgIpc) is 2.79. The van der Waals surface area contributed by atoms with Crippen LogP contribution in [-0.2, 0) is 4.79 Å². The quantitative estimate of drug-likeness (QED) is 0.662. The summed E-state index contributed by atoms with van der Waals surface area (Å²) in [4.78, 5) is 17.5. The topological polar surface area (TPSA) is 77.8 Å². The zero-order valence-corrected chi connectivity index (χ0v) is 13.2. The molecule has 1 aromatic heterocycles. The van der Waals surface area contributed by atoms with Crippen molar-refractivity contribution in [3.05, 3.63) is 22.3 Å². The van der Waals surface area contributed by atoms with Gasteiger partial charge in [-0.15, -0.1) is 11.3 Å². The fourth-order valence-electron chi connectivity index (χ4n) is 2.33. The molecule has 0 saturated heterocycles. The summed E-state index contributed by atoms with van der Waals surface area (Å²) in [5.41, 5.74) is 1.05. The van der Waals surface area contributed by atoms with Gasteiger partial charge in [-0.3, -0.25) is 4.79 Å². The van der Waals surface area contributed by atoms with Gasteiger partial charge in [-0.25, -0.2) is 4.98 Å². The summed E-state index contributed by atoms with van der Waals surface area (Å²) >= 11 is 1.51. The second kappa shape index (κ2) is 7.23. The van der Waals surface area contributed by atoms with Gasteiger partial charge in [-0.2, -0.15) is 5.26 Å². The molecule has 112 valence electrons. The van der Waals surface area contributed by atoms with Gasteiger partial charge in [0.2, 0.25) is 0 Å². The van der Waals surface area contributed by atoms with Crippen LogP contribution in [0.1, 0.15) is 42.7 Å².